The summed E-state index contributed by atoms with van der Waals surface area (Å²) in [6, 6.07) is 9.18. The van der Waals surface area contributed by atoms with Crippen LogP contribution < -0.4 is 5.43 Å². The van der Waals surface area contributed by atoms with Crippen LogP contribution in [0.3, 0.4) is 0 Å². The second-order valence-electron chi connectivity index (χ2n) is 4.32. The Balaban J connectivity index is 2.14. The zero-order valence-electron chi connectivity index (χ0n) is 11.1. The fourth-order valence-electron chi connectivity index (χ4n) is 1.68. The predicted molar refractivity (Wildman–Crippen MR) is 75.6 cm³/mol. The largest absolute Gasteiger partial charge is 0.478 e. The SMILES string of the molecule is CC(=NNc1ccc(C(=O)O)cc1)c1ccc(F)cc1F. The van der Waals surface area contributed by atoms with Crippen molar-refractivity contribution in [2.45, 2.75) is 6.92 Å². The van der Waals surface area contributed by atoms with E-state index in [1.54, 1.807) is 19.1 Å². The van der Waals surface area contributed by atoms with Crippen LogP contribution in [0.4, 0.5) is 14.5 Å². The number of carbonyl (C=O) groups is 1. The standard InChI is InChI=1S/C15H12F2N2O2/c1-9(13-7-4-11(16)8-14(13)17)18-19-12-5-2-10(3-6-12)15(20)21/h2-8,19H,1H3,(H,20,21). The van der Waals surface area contributed by atoms with E-state index in [-0.39, 0.29) is 11.1 Å². The Labute approximate surface area is 119 Å². The van der Waals surface area contributed by atoms with Gasteiger partial charge in [-0.1, -0.05) is 0 Å². The molecule has 0 aliphatic rings. The average Bonchev–Trinajstić information content (AvgIpc) is 2.45. The Kier molecular flexibility index (Phi) is 4.27. The van der Waals surface area contributed by atoms with Crippen LogP contribution >= 0.6 is 0 Å². The molecule has 0 fully saturated rings. The molecule has 6 heteroatoms. The molecule has 2 aromatic rings. The van der Waals surface area contributed by atoms with Gasteiger partial charge in [0.15, 0.2) is 0 Å². The van der Waals surface area contributed by atoms with Gasteiger partial charge in [0.25, 0.3) is 0 Å². The van der Waals surface area contributed by atoms with Crippen molar-refractivity contribution in [3.63, 3.8) is 0 Å². The van der Waals surface area contributed by atoms with E-state index in [4.69, 9.17) is 5.11 Å². The summed E-state index contributed by atoms with van der Waals surface area (Å²) in [6.07, 6.45) is 0. The number of carboxylic acid groups (broad SMARTS) is 1. The topological polar surface area (TPSA) is 61.7 Å². The van der Waals surface area contributed by atoms with E-state index in [0.717, 1.165) is 12.1 Å². The summed E-state index contributed by atoms with van der Waals surface area (Å²) < 4.78 is 26.4. The molecule has 0 radical (unpaired) electrons. The maximum absolute atomic E-state index is 13.6. The van der Waals surface area contributed by atoms with Crippen molar-refractivity contribution in [2.75, 3.05) is 5.43 Å². The van der Waals surface area contributed by atoms with Crippen LogP contribution in [-0.2, 0) is 0 Å². The van der Waals surface area contributed by atoms with E-state index < -0.39 is 17.6 Å². The Hall–Kier alpha value is -2.76. The highest BCUT2D eigenvalue weighted by Crippen LogP contribution is 2.13. The summed E-state index contributed by atoms with van der Waals surface area (Å²) in [4.78, 5) is 10.7. The number of nitrogens with one attached hydrogen (secondary N) is 1. The fraction of sp³-hybridized carbons (Fsp3) is 0.0667. The lowest BCUT2D eigenvalue weighted by molar-refractivity contribution is 0.0697. The second-order valence-corrected chi connectivity index (χ2v) is 4.32. The maximum Gasteiger partial charge on any atom is 0.335 e. The van der Waals surface area contributed by atoms with Crippen LogP contribution in [0.5, 0.6) is 0 Å². The molecule has 0 saturated heterocycles. The van der Waals surface area contributed by atoms with Crippen molar-refractivity contribution in [3.05, 3.63) is 65.2 Å². The van der Waals surface area contributed by atoms with Gasteiger partial charge < -0.3 is 5.11 Å². The number of benzene rings is 2. The maximum atomic E-state index is 13.6. The molecule has 2 aromatic carbocycles. The van der Waals surface area contributed by atoms with Crippen molar-refractivity contribution >= 4 is 17.4 Å². The van der Waals surface area contributed by atoms with Crippen LogP contribution in [0.15, 0.2) is 47.6 Å². The third-order valence-corrected chi connectivity index (χ3v) is 2.81. The van der Waals surface area contributed by atoms with E-state index in [9.17, 15) is 13.6 Å². The minimum atomic E-state index is -1.02. The highest BCUT2D eigenvalue weighted by molar-refractivity contribution is 5.99. The second kappa shape index (κ2) is 6.13. The number of carboxylic acids is 1. The fourth-order valence-corrected chi connectivity index (χ4v) is 1.68. The number of hydrogen-bond acceptors (Lipinski definition) is 3. The van der Waals surface area contributed by atoms with Gasteiger partial charge in [-0.25, -0.2) is 13.6 Å². The van der Waals surface area contributed by atoms with Crippen LogP contribution in [0.25, 0.3) is 0 Å². The van der Waals surface area contributed by atoms with Crippen molar-refractivity contribution in [3.8, 4) is 0 Å². The molecule has 0 saturated carbocycles. The summed E-state index contributed by atoms with van der Waals surface area (Å²) >= 11 is 0. The molecule has 2 rings (SSSR count). The molecule has 0 bridgehead atoms. The monoisotopic (exact) mass is 290 g/mol. The number of hydrazone groups is 1. The van der Waals surface area contributed by atoms with Gasteiger partial charge in [0.1, 0.15) is 11.6 Å². The quantitative estimate of drug-likeness (QED) is 0.669. The molecule has 21 heavy (non-hydrogen) atoms. The van der Waals surface area contributed by atoms with E-state index >= 15 is 0 Å². The van der Waals surface area contributed by atoms with Crippen LogP contribution in [0.2, 0.25) is 0 Å². The smallest absolute Gasteiger partial charge is 0.335 e. The van der Waals surface area contributed by atoms with Crippen molar-refractivity contribution in [1.82, 2.24) is 0 Å². The molecule has 108 valence electrons. The van der Waals surface area contributed by atoms with E-state index in [0.29, 0.717) is 11.4 Å². The van der Waals surface area contributed by atoms with E-state index in [2.05, 4.69) is 10.5 Å². The van der Waals surface area contributed by atoms with Crippen LogP contribution in [0, 0.1) is 11.6 Å². The molecule has 0 amide bonds. The molecule has 0 aromatic heterocycles. The zero-order valence-corrected chi connectivity index (χ0v) is 11.1. The molecular formula is C15H12F2N2O2. The number of nitrogens with zero attached hydrogens (tertiary/aromatic N) is 1. The normalized spacial score (nSPS) is 11.3. The minimum Gasteiger partial charge on any atom is -0.478 e. The first-order chi connectivity index (χ1) is 9.97. The van der Waals surface area contributed by atoms with Crippen LogP contribution in [-0.4, -0.2) is 16.8 Å². The van der Waals surface area contributed by atoms with Gasteiger partial charge in [-0.05, 0) is 43.3 Å². The van der Waals surface area contributed by atoms with Gasteiger partial charge in [-0.2, -0.15) is 5.10 Å². The average molecular weight is 290 g/mol. The van der Waals surface area contributed by atoms with Gasteiger partial charge in [-0.3, -0.25) is 5.43 Å². The zero-order chi connectivity index (χ0) is 15.4. The molecule has 0 aliphatic heterocycles. The molecular weight excluding hydrogens is 278 g/mol. The summed E-state index contributed by atoms with van der Waals surface area (Å²) in [7, 11) is 0. The molecule has 0 aliphatic carbocycles. The third-order valence-electron chi connectivity index (χ3n) is 2.81. The Morgan fingerprint density at radius 1 is 1.14 bits per heavy atom. The lowest BCUT2D eigenvalue weighted by Crippen LogP contribution is -2.03. The summed E-state index contributed by atoms with van der Waals surface area (Å²) in [5, 5.41) is 12.8. The van der Waals surface area contributed by atoms with Gasteiger partial charge >= 0.3 is 5.97 Å². The van der Waals surface area contributed by atoms with Crippen molar-refractivity contribution in [2.24, 2.45) is 5.10 Å². The first kappa shape index (κ1) is 14.6. The summed E-state index contributed by atoms with van der Waals surface area (Å²) in [5.74, 6) is -2.37. The highest BCUT2D eigenvalue weighted by Gasteiger charge is 2.07. The molecule has 0 spiro atoms. The lowest BCUT2D eigenvalue weighted by Gasteiger charge is -2.05. The minimum absolute atomic E-state index is 0.158. The molecule has 0 atom stereocenters. The Bertz CT molecular complexity index is 697. The van der Waals surface area contributed by atoms with E-state index in [1.807, 2.05) is 0 Å². The lowest BCUT2D eigenvalue weighted by atomic mass is 10.1. The molecule has 2 N–H and O–H groups in total. The number of hydrogen-bond donors (Lipinski definition) is 2. The van der Waals surface area contributed by atoms with Gasteiger partial charge in [-0.15, -0.1) is 0 Å². The van der Waals surface area contributed by atoms with E-state index in [1.165, 1.54) is 18.2 Å². The van der Waals surface area contributed by atoms with Crippen LogP contribution in [0.1, 0.15) is 22.8 Å². The van der Waals surface area contributed by atoms with Gasteiger partial charge in [0, 0.05) is 11.6 Å². The third kappa shape index (κ3) is 3.62. The number of halogens is 2. The van der Waals surface area contributed by atoms with Crippen molar-refractivity contribution < 1.29 is 18.7 Å². The summed E-state index contributed by atoms with van der Waals surface area (Å²) in [5.41, 5.74) is 3.93. The Morgan fingerprint density at radius 2 is 1.81 bits per heavy atom. The molecule has 4 nitrogen and oxygen atoms in total. The predicted octanol–water partition coefficient (Wildman–Crippen LogP) is 3.50. The van der Waals surface area contributed by atoms with Gasteiger partial charge in [0.05, 0.1) is 17.0 Å². The number of aromatic carboxylic acids is 1. The van der Waals surface area contributed by atoms with Crippen molar-refractivity contribution in [1.29, 1.82) is 0 Å². The number of rotatable bonds is 4. The summed E-state index contributed by atoms with van der Waals surface area (Å²) in [6.45, 7) is 1.58. The first-order valence-electron chi connectivity index (χ1n) is 6.06. The first-order valence-corrected chi connectivity index (χ1v) is 6.06. The molecule has 0 heterocycles. The molecule has 0 unspecified atom stereocenters. The van der Waals surface area contributed by atoms with Gasteiger partial charge in [0.2, 0.25) is 0 Å². The number of anilines is 1. The Morgan fingerprint density at radius 3 is 2.38 bits per heavy atom. The highest BCUT2D eigenvalue weighted by atomic mass is 19.1.